The summed E-state index contributed by atoms with van der Waals surface area (Å²) in [7, 11) is 0. The normalized spacial score (nSPS) is 13.2. The Balaban J connectivity index is 1.58. The van der Waals surface area contributed by atoms with Crippen molar-refractivity contribution in [3.8, 4) is 0 Å². The van der Waals surface area contributed by atoms with Gasteiger partial charge in [-0.15, -0.1) is 0 Å². The summed E-state index contributed by atoms with van der Waals surface area (Å²) in [5.74, 6) is -0.361. The number of aromatic nitrogens is 2. The fourth-order valence-corrected chi connectivity index (χ4v) is 3.54. The molecule has 0 bridgehead atoms. The Bertz CT molecular complexity index is 1210. The Hall–Kier alpha value is -3.48. The Labute approximate surface area is 180 Å². The third-order valence-electron chi connectivity index (χ3n) is 5.63. The summed E-state index contributed by atoms with van der Waals surface area (Å²) in [5, 5.41) is 5.83. The molecule has 1 aromatic heterocycles. The van der Waals surface area contributed by atoms with Crippen molar-refractivity contribution in [3.63, 3.8) is 0 Å². The SMILES string of the molecule is Cc1cccc(NC(=O)Cn2c(=O)c(CCC(=O)NC3CC3)nc3ccccc32)c1C. The summed E-state index contributed by atoms with van der Waals surface area (Å²) in [4.78, 5) is 42.4. The van der Waals surface area contributed by atoms with Gasteiger partial charge in [-0.1, -0.05) is 24.3 Å². The predicted molar refractivity (Wildman–Crippen MR) is 120 cm³/mol. The molecule has 1 saturated carbocycles. The number of nitrogens with one attached hydrogen (secondary N) is 2. The highest BCUT2D eigenvalue weighted by Crippen LogP contribution is 2.19. The van der Waals surface area contributed by atoms with Crippen molar-refractivity contribution in [2.45, 2.75) is 52.1 Å². The highest BCUT2D eigenvalue weighted by Gasteiger charge is 2.23. The van der Waals surface area contributed by atoms with Gasteiger partial charge in [0.05, 0.1) is 11.0 Å². The lowest BCUT2D eigenvalue weighted by Gasteiger charge is -2.14. The van der Waals surface area contributed by atoms with Gasteiger partial charge < -0.3 is 10.6 Å². The van der Waals surface area contributed by atoms with E-state index >= 15 is 0 Å². The number of fused-ring (bicyclic) bond motifs is 1. The summed E-state index contributed by atoms with van der Waals surface area (Å²) in [6.07, 6.45) is 2.47. The van der Waals surface area contributed by atoms with Gasteiger partial charge in [0.15, 0.2) is 0 Å². The number of nitrogens with zero attached hydrogens (tertiary/aromatic N) is 2. The fourth-order valence-electron chi connectivity index (χ4n) is 3.54. The molecule has 1 aliphatic rings. The minimum atomic E-state index is -0.339. The quantitative estimate of drug-likeness (QED) is 0.617. The number of carbonyl (C=O) groups excluding carboxylic acids is 2. The lowest BCUT2D eigenvalue weighted by Crippen LogP contribution is -2.32. The number of amides is 2. The highest BCUT2D eigenvalue weighted by molar-refractivity contribution is 5.92. The number of anilines is 1. The van der Waals surface area contributed by atoms with E-state index in [4.69, 9.17) is 0 Å². The van der Waals surface area contributed by atoms with Gasteiger partial charge in [-0.25, -0.2) is 4.98 Å². The van der Waals surface area contributed by atoms with Crippen LogP contribution in [0.1, 0.15) is 36.1 Å². The first-order valence-electron chi connectivity index (χ1n) is 10.6. The first-order chi connectivity index (χ1) is 14.9. The van der Waals surface area contributed by atoms with Crippen LogP contribution in [-0.4, -0.2) is 27.4 Å². The largest absolute Gasteiger partial charge is 0.353 e. The Morgan fingerprint density at radius 3 is 2.61 bits per heavy atom. The van der Waals surface area contributed by atoms with Crippen LogP contribution in [0.5, 0.6) is 0 Å². The number of benzene rings is 2. The van der Waals surface area contributed by atoms with Crippen LogP contribution in [0.25, 0.3) is 11.0 Å². The van der Waals surface area contributed by atoms with Crippen molar-refractivity contribution in [2.24, 2.45) is 0 Å². The number of para-hydroxylation sites is 2. The molecular weight excluding hydrogens is 392 g/mol. The molecule has 160 valence electrons. The maximum atomic E-state index is 13.1. The van der Waals surface area contributed by atoms with Crippen LogP contribution in [0, 0.1) is 13.8 Å². The maximum absolute atomic E-state index is 13.1. The van der Waals surface area contributed by atoms with Gasteiger partial charge in [-0.2, -0.15) is 0 Å². The van der Waals surface area contributed by atoms with Gasteiger partial charge in [0.1, 0.15) is 12.2 Å². The molecule has 1 fully saturated rings. The molecule has 0 aliphatic heterocycles. The highest BCUT2D eigenvalue weighted by atomic mass is 16.2. The minimum Gasteiger partial charge on any atom is -0.353 e. The summed E-state index contributed by atoms with van der Waals surface area (Å²) in [5.41, 5.74) is 3.97. The zero-order valence-corrected chi connectivity index (χ0v) is 17.8. The third-order valence-corrected chi connectivity index (χ3v) is 5.63. The van der Waals surface area contributed by atoms with Crippen molar-refractivity contribution in [1.29, 1.82) is 0 Å². The van der Waals surface area contributed by atoms with E-state index in [-0.39, 0.29) is 42.8 Å². The zero-order valence-electron chi connectivity index (χ0n) is 17.8. The predicted octanol–water partition coefficient (Wildman–Crippen LogP) is 2.86. The Morgan fingerprint density at radius 1 is 1.06 bits per heavy atom. The summed E-state index contributed by atoms with van der Waals surface area (Å²) >= 11 is 0. The van der Waals surface area contributed by atoms with Gasteiger partial charge in [0, 0.05) is 24.6 Å². The second kappa shape index (κ2) is 8.71. The van der Waals surface area contributed by atoms with Gasteiger partial charge in [-0.3, -0.25) is 19.0 Å². The lowest BCUT2D eigenvalue weighted by molar-refractivity contribution is -0.121. The molecule has 1 aliphatic carbocycles. The van der Waals surface area contributed by atoms with E-state index in [1.165, 1.54) is 4.57 Å². The molecule has 7 nitrogen and oxygen atoms in total. The van der Waals surface area contributed by atoms with Gasteiger partial charge in [-0.05, 0) is 56.0 Å². The van der Waals surface area contributed by atoms with Crippen LogP contribution >= 0.6 is 0 Å². The molecule has 0 unspecified atom stereocenters. The molecule has 0 atom stereocenters. The molecular formula is C24H26N4O3. The smallest absolute Gasteiger partial charge is 0.273 e. The molecule has 1 heterocycles. The summed E-state index contributed by atoms with van der Waals surface area (Å²) in [6, 6.07) is 13.2. The van der Waals surface area contributed by atoms with Crippen molar-refractivity contribution >= 4 is 28.5 Å². The summed E-state index contributed by atoms with van der Waals surface area (Å²) in [6.45, 7) is 3.80. The Morgan fingerprint density at radius 2 is 1.84 bits per heavy atom. The van der Waals surface area contributed by atoms with Gasteiger partial charge in [0.2, 0.25) is 11.8 Å². The number of hydrogen-bond acceptors (Lipinski definition) is 4. The molecule has 0 spiro atoms. The van der Waals surface area contributed by atoms with Crippen LogP contribution < -0.4 is 16.2 Å². The van der Waals surface area contributed by atoms with Gasteiger partial charge in [0.25, 0.3) is 5.56 Å². The second-order valence-corrected chi connectivity index (χ2v) is 8.08. The summed E-state index contributed by atoms with van der Waals surface area (Å²) < 4.78 is 1.44. The molecule has 2 aromatic carbocycles. The van der Waals surface area contributed by atoms with E-state index in [9.17, 15) is 14.4 Å². The van der Waals surface area contributed by atoms with Crippen LogP contribution in [0.2, 0.25) is 0 Å². The molecule has 0 saturated heterocycles. The zero-order chi connectivity index (χ0) is 22.0. The number of carbonyl (C=O) groups is 2. The molecule has 2 amide bonds. The Kier molecular flexibility index (Phi) is 5.84. The van der Waals surface area contributed by atoms with Crippen LogP contribution in [0.3, 0.4) is 0 Å². The monoisotopic (exact) mass is 418 g/mol. The minimum absolute atomic E-state index is 0.0731. The van der Waals surface area contributed by atoms with Crippen LogP contribution in [0.4, 0.5) is 5.69 Å². The third kappa shape index (κ3) is 4.82. The maximum Gasteiger partial charge on any atom is 0.273 e. The molecule has 3 aromatic rings. The van der Waals surface area contributed by atoms with Gasteiger partial charge >= 0.3 is 0 Å². The number of aryl methyl sites for hydroxylation is 2. The van der Waals surface area contributed by atoms with Crippen molar-refractivity contribution in [2.75, 3.05) is 5.32 Å². The van der Waals surface area contributed by atoms with E-state index in [0.717, 1.165) is 29.7 Å². The molecule has 0 radical (unpaired) electrons. The van der Waals surface area contributed by atoms with E-state index in [2.05, 4.69) is 15.6 Å². The second-order valence-electron chi connectivity index (χ2n) is 8.08. The first kappa shape index (κ1) is 20.8. The van der Waals surface area contributed by atoms with Crippen molar-refractivity contribution in [1.82, 2.24) is 14.9 Å². The fraction of sp³-hybridized carbons (Fsp3) is 0.333. The molecule has 7 heteroatoms. The average molecular weight is 418 g/mol. The van der Waals surface area contributed by atoms with Crippen molar-refractivity contribution in [3.05, 3.63) is 69.6 Å². The molecule has 4 rings (SSSR count). The lowest BCUT2D eigenvalue weighted by atomic mass is 10.1. The first-order valence-corrected chi connectivity index (χ1v) is 10.6. The van der Waals surface area contributed by atoms with Crippen LogP contribution in [-0.2, 0) is 22.6 Å². The van der Waals surface area contributed by atoms with Crippen LogP contribution in [0.15, 0.2) is 47.3 Å². The van der Waals surface area contributed by atoms with Crippen molar-refractivity contribution < 1.29 is 9.59 Å². The van der Waals surface area contributed by atoms with E-state index in [1.54, 1.807) is 6.07 Å². The number of hydrogen-bond donors (Lipinski definition) is 2. The number of rotatable bonds is 7. The topological polar surface area (TPSA) is 93.1 Å². The van der Waals surface area contributed by atoms with E-state index in [0.29, 0.717) is 16.7 Å². The standard InChI is InChI=1S/C24H26N4O3/c1-15-6-5-8-18(16(15)2)27-23(30)14-28-21-9-4-3-7-19(21)26-20(24(28)31)12-13-22(29)25-17-10-11-17/h3-9,17H,10-14H2,1-2H3,(H,25,29)(H,27,30). The molecule has 2 N–H and O–H groups in total. The van der Waals surface area contributed by atoms with E-state index in [1.807, 2.05) is 50.2 Å². The molecule has 31 heavy (non-hydrogen) atoms. The van der Waals surface area contributed by atoms with E-state index < -0.39 is 0 Å². The average Bonchev–Trinajstić information content (AvgIpc) is 3.56.